The van der Waals surface area contributed by atoms with Gasteiger partial charge in [-0.2, -0.15) is 0 Å². The molecule has 0 spiro atoms. The van der Waals surface area contributed by atoms with Gasteiger partial charge in [0.1, 0.15) is 0 Å². The van der Waals surface area contributed by atoms with E-state index in [9.17, 15) is 9.59 Å². The Kier molecular flexibility index (Phi) is 6.61. The second-order valence-corrected chi connectivity index (χ2v) is 9.16. The van der Waals surface area contributed by atoms with Gasteiger partial charge in [0, 0.05) is 69.8 Å². The van der Waals surface area contributed by atoms with Gasteiger partial charge in [0.2, 0.25) is 11.8 Å². The van der Waals surface area contributed by atoms with Gasteiger partial charge < -0.3 is 10.2 Å². The van der Waals surface area contributed by atoms with Gasteiger partial charge in [-0.15, -0.1) is 11.3 Å². The minimum Gasteiger partial charge on any atom is -0.352 e. The molecule has 1 aromatic rings. The molecule has 0 aromatic carbocycles. The number of carbonyl (C=O) groups is 2. The number of carbonyl (C=O) groups excluding carboxylic acids is 2. The van der Waals surface area contributed by atoms with E-state index in [1.54, 1.807) is 11.3 Å². The lowest BCUT2D eigenvalue weighted by Gasteiger charge is -2.37. The quantitative estimate of drug-likeness (QED) is 0.707. The Morgan fingerprint density at radius 3 is 2.18 bits per heavy atom. The van der Waals surface area contributed by atoms with Gasteiger partial charge in [0.15, 0.2) is 0 Å². The van der Waals surface area contributed by atoms with Gasteiger partial charge >= 0.3 is 0 Å². The number of rotatable bonds is 7. The number of amides is 2. The minimum absolute atomic E-state index is 0.146. The van der Waals surface area contributed by atoms with Crippen molar-refractivity contribution in [2.75, 3.05) is 65.4 Å². The summed E-state index contributed by atoms with van der Waals surface area (Å²) in [5.74, 6) is 0.392. The smallest absolute Gasteiger partial charge is 0.236 e. The molecule has 1 aromatic heterocycles. The molecular weight excluding hydrogens is 374 g/mol. The van der Waals surface area contributed by atoms with E-state index >= 15 is 0 Å². The monoisotopic (exact) mass is 405 g/mol. The molecule has 3 aliphatic rings. The fourth-order valence-electron chi connectivity index (χ4n) is 3.88. The number of nitrogens with zero attached hydrogens (tertiary/aromatic N) is 4. The van der Waals surface area contributed by atoms with Crippen LogP contribution in [0, 0.1) is 0 Å². The molecule has 0 radical (unpaired) electrons. The highest BCUT2D eigenvalue weighted by Gasteiger charge is 2.27. The first kappa shape index (κ1) is 19.8. The van der Waals surface area contributed by atoms with Crippen LogP contribution in [-0.2, 0) is 16.1 Å². The van der Waals surface area contributed by atoms with Crippen LogP contribution in [-0.4, -0.2) is 103 Å². The van der Waals surface area contributed by atoms with Crippen molar-refractivity contribution in [3.63, 3.8) is 0 Å². The SMILES string of the molecule is O=C(CN1CCN(CC(=O)N2CCN(Cc3cccs3)CC2)CC1)NC1CC1. The van der Waals surface area contributed by atoms with Crippen molar-refractivity contribution in [2.24, 2.45) is 0 Å². The number of hydrogen-bond donors (Lipinski definition) is 1. The summed E-state index contributed by atoms with van der Waals surface area (Å²) >= 11 is 1.80. The molecule has 0 unspecified atom stereocenters. The number of hydrogen-bond acceptors (Lipinski definition) is 6. The average Bonchev–Trinajstić information content (AvgIpc) is 3.35. The molecule has 154 valence electrons. The summed E-state index contributed by atoms with van der Waals surface area (Å²) in [5, 5.41) is 5.17. The van der Waals surface area contributed by atoms with E-state index in [1.807, 2.05) is 4.90 Å². The molecule has 1 aliphatic carbocycles. The molecule has 3 fully saturated rings. The summed E-state index contributed by atoms with van der Waals surface area (Å²) in [6, 6.07) is 4.70. The molecule has 3 heterocycles. The van der Waals surface area contributed by atoms with Crippen LogP contribution in [0.25, 0.3) is 0 Å². The minimum atomic E-state index is 0.146. The lowest BCUT2D eigenvalue weighted by molar-refractivity contribution is -0.135. The molecular formula is C20H31N5O2S. The Morgan fingerprint density at radius 1 is 0.929 bits per heavy atom. The molecule has 4 rings (SSSR count). The Labute approximate surface area is 171 Å². The van der Waals surface area contributed by atoms with E-state index in [0.717, 1.165) is 71.7 Å². The van der Waals surface area contributed by atoms with Gasteiger partial charge in [-0.05, 0) is 24.3 Å². The van der Waals surface area contributed by atoms with E-state index in [0.29, 0.717) is 19.1 Å². The maximum absolute atomic E-state index is 12.7. The fourth-order valence-corrected chi connectivity index (χ4v) is 4.63. The van der Waals surface area contributed by atoms with Gasteiger partial charge in [0.25, 0.3) is 0 Å². The van der Waals surface area contributed by atoms with E-state index in [1.165, 1.54) is 4.88 Å². The molecule has 0 atom stereocenters. The zero-order valence-electron chi connectivity index (χ0n) is 16.5. The summed E-state index contributed by atoms with van der Waals surface area (Å²) in [6.07, 6.45) is 2.26. The third kappa shape index (κ3) is 5.76. The van der Waals surface area contributed by atoms with Crippen LogP contribution in [0.2, 0.25) is 0 Å². The highest BCUT2D eigenvalue weighted by molar-refractivity contribution is 7.09. The summed E-state index contributed by atoms with van der Waals surface area (Å²) in [4.78, 5) is 34.9. The number of piperazine rings is 2. The van der Waals surface area contributed by atoms with Crippen molar-refractivity contribution in [3.8, 4) is 0 Å². The van der Waals surface area contributed by atoms with Crippen molar-refractivity contribution in [2.45, 2.75) is 25.4 Å². The van der Waals surface area contributed by atoms with Crippen LogP contribution >= 0.6 is 11.3 Å². The normalized spacial score (nSPS) is 22.4. The molecule has 1 saturated carbocycles. The second kappa shape index (κ2) is 9.35. The first-order chi connectivity index (χ1) is 13.7. The standard InChI is InChI=1S/C20H31N5O2S/c26-19(21-17-3-4-17)15-23-5-7-24(8-6-23)16-20(27)25-11-9-22(10-12-25)14-18-2-1-13-28-18/h1-2,13,17H,3-12,14-16H2,(H,21,26). The molecule has 7 nitrogen and oxygen atoms in total. The second-order valence-electron chi connectivity index (χ2n) is 8.13. The summed E-state index contributed by atoms with van der Waals surface area (Å²) in [5.41, 5.74) is 0. The van der Waals surface area contributed by atoms with Crippen LogP contribution in [0.5, 0.6) is 0 Å². The maximum Gasteiger partial charge on any atom is 0.236 e. The van der Waals surface area contributed by atoms with Crippen molar-refractivity contribution in [1.29, 1.82) is 0 Å². The Hall–Kier alpha value is -1.48. The molecule has 1 N–H and O–H groups in total. The Balaban J connectivity index is 1.12. The van der Waals surface area contributed by atoms with Crippen molar-refractivity contribution in [3.05, 3.63) is 22.4 Å². The van der Waals surface area contributed by atoms with Crippen molar-refractivity contribution in [1.82, 2.24) is 24.9 Å². The van der Waals surface area contributed by atoms with E-state index in [-0.39, 0.29) is 11.8 Å². The van der Waals surface area contributed by atoms with Gasteiger partial charge in [0.05, 0.1) is 13.1 Å². The number of nitrogens with one attached hydrogen (secondary N) is 1. The highest BCUT2D eigenvalue weighted by Crippen LogP contribution is 2.18. The summed E-state index contributed by atoms with van der Waals surface area (Å²) < 4.78 is 0. The lowest BCUT2D eigenvalue weighted by atomic mass is 10.2. The predicted molar refractivity (Wildman–Crippen MR) is 110 cm³/mol. The third-order valence-electron chi connectivity index (χ3n) is 5.82. The number of thiophene rings is 1. The van der Waals surface area contributed by atoms with Crippen LogP contribution in [0.1, 0.15) is 17.7 Å². The Bertz CT molecular complexity index is 648. The fraction of sp³-hybridized carbons (Fsp3) is 0.700. The third-order valence-corrected chi connectivity index (χ3v) is 6.68. The molecule has 2 amide bonds. The van der Waals surface area contributed by atoms with Crippen LogP contribution in [0.15, 0.2) is 17.5 Å². The largest absolute Gasteiger partial charge is 0.352 e. The zero-order valence-corrected chi connectivity index (χ0v) is 17.3. The Morgan fingerprint density at radius 2 is 1.57 bits per heavy atom. The van der Waals surface area contributed by atoms with Gasteiger partial charge in [-0.25, -0.2) is 0 Å². The van der Waals surface area contributed by atoms with Crippen LogP contribution < -0.4 is 5.32 Å². The highest BCUT2D eigenvalue weighted by atomic mass is 32.1. The lowest BCUT2D eigenvalue weighted by Crippen LogP contribution is -2.54. The van der Waals surface area contributed by atoms with E-state index in [2.05, 4.69) is 37.5 Å². The topological polar surface area (TPSA) is 59.1 Å². The molecule has 2 aliphatic heterocycles. The summed E-state index contributed by atoms with van der Waals surface area (Å²) in [6.45, 7) is 8.99. The van der Waals surface area contributed by atoms with E-state index < -0.39 is 0 Å². The van der Waals surface area contributed by atoms with Crippen LogP contribution in [0.4, 0.5) is 0 Å². The zero-order chi connectivity index (χ0) is 19.3. The van der Waals surface area contributed by atoms with Gasteiger partial charge in [-0.3, -0.25) is 24.3 Å². The first-order valence-corrected chi connectivity index (χ1v) is 11.3. The molecule has 0 bridgehead atoms. The average molecular weight is 406 g/mol. The maximum atomic E-state index is 12.7. The van der Waals surface area contributed by atoms with Crippen molar-refractivity contribution < 1.29 is 9.59 Å². The van der Waals surface area contributed by atoms with Crippen LogP contribution in [0.3, 0.4) is 0 Å². The van der Waals surface area contributed by atoms with E-state index in [4.69, 9.17) is 0 Å². The first-order valence-electron chi connectivity index (χ1n) is 10.4. The summed E-state index contributed by atoms with van der Waals surface area (Å²) in [7, 11) is 0. The van der Waals surface area contributed by atoms with Gasteiger partial charge in [-0.1, -0.05) is 6.07 Å². The predicted octanol–water partition coefficient (Wildman–Crippen LogP) is 0.289. The molecule has 2 saturated heterocycles. The molecule has 8 heteroatoms. The van der Waals surface area contributed by atoms with Crippen molar-refractivity contribution >= 4 is 23.2 Å². The molecule has 28 heavy (non-hydrogen) atoms.